The van der Waals surface area contributed by atoms with E-state index in [0.29, 0.717) is 18.0 Å². The minimum absolute atomic E-state index is 0.0176. The number of carbonyl (C=O) groups is 2. The summed E-state index contributed by atoms with van der Waals surface area (Å²) >= 11 is 0. The molecule has 2 amide bonds. The maximum atomic E-state index is 13.6. The van der Waals surface area contributed by atoms with Crippen molar-refractivity contribution in [3.05, 3.63) is 48.4 Å². The second-order valence-corrected chi connectivity index (χ2v) is 9.67. The fourth-order valence-corrected chi connectivity index (χ4v) is 6.58. The van der Waals surface area contributed by atoms with Crippen LogP contribution < -0.4 is 10.1 Å². The van der Waals surface area contributed by atoms with Crippen LogP contribution in [0.1, 0.15) is 51.2 Å². The van der Waals surface area contributed by atoms with Gasteiger partial charge in [0.1, 0.15) is 11.5 Å². The lowest BCUT2D eigenvalue weighted by Gasteiger charge is -2.60. The van der Waals surface area contributed by atoms with Crippen molar-refractivity contribution in [2.45, 2.75) is 57.5 Å². The molecule has 4 aliphatic rings. The molecule has 4 aliphatic carbocycles. The second kappa shape index (κ2) is 8.06. The number of rotatable bonds is 7. The standard InChI is InChI=1S/C25H30N2O4/c1-17(28)26-22-6-2-3-7-23(22)31-16-24(29)27(15-21-5-4-8-30-21)25-12-18-9-19(13-25)11-20(10-18)14-25/h2-8,18-20H,9-16H2,1H3,(H,26,28). The minimum atomic E-state index is -0.171. The molecule has 4 saturated carbocycles. The number of nitrogens with zero attached hydrogens (tertiary/aromatic N) is 1. The van der Waals surface area contributed by atoms with Crippen LogP contribution in [-0.2, 0) is 16.1 Å². The molecule has 164 valence electrons. The van der Waals surface area contributed by atoms with E-state index in [0.717, 1.165) is 42.8 Å². The molecule has 4 fully saturated rings. The highest BCUT2D eigenvalue weighted by molar-refractivity contribution is 5.90. The van der Waals surface area contributed by atoms with Crippen molar-refractivity contribution in [1.82, 2.24) is 4.90 Å². The van der Waals surface area contributed by atoms with Crippen LogP contribution in [-0.4, -0.2) is 28.9 Å². The van der Waals surface area contributed by atoms with Gasteiger partial charge in [0.25, 0.3) is 5.91 Å². The van der Waals surface area contributed by atoms with Gasteiger partial charge in [0.05, 0.1) is 18.5 Å². The molecule has 0 spiro atoms. The highest BCUT2D eigenvalue weighted by Gasteiger charge is 2.54. The van der Waals surface area contributed by atoms with E-state index >= 15 is 0 Å². The van der Waals surface area contributed by atoms with Crippen LogP contribution in [0, 0.1) is 17.8 Å². The fraction of sp³-hybridized carbons (Fsp3) is 0.520. The fourth-order valence-electron chi connectivity index (χ4n) is 6.58. The van der Waals surface area contributed by atoms with Gasteiger partial charge < -0.3 is 19.4 Å². The van der Waals surface area contributed by atoms with E-state index in [9.17, 15) is 9.59 Å². The Morgan fingerprint density at radius 2 is 1.74 bits per heavy atom. The minimum Gasteiger partial charge on any atom is -0.482 e. The topological polar surface area (TPSA) is 71.8 Å². The van der Waals surface area contributed by atoms with Crippen molar-refractivity contribution in [1.29, 1.82) is 0 Å². The molecule has 0 unspecified atom stereocenters. The van der Waals surface area contributed by atoms with Gasteiger partial charge in [-0.15, -0.1) is 0 Å². The molecule has 6 rings (SSSR count). The van der Waals surface area contributed by atoms with Gasteiger partial charge >= 0.3 is 0 Å². The average molecular weight is 423 g/mol. The Morgan fingerprint density at radius 3 is 2.35 bits per heavy atom. The molecular formula is C25H30N2O4. The molecular weight excluding hydrogens is 392 g/mol. The maximum absolute atomic E-state index is 13.6. The molecule has 1 aromatic heterocycles. The Kier molecular flexibility index (Phi) is 5.24. The quantitative estimate of drug-likeness (QED) is 0.707. The number of furan rings is 1. The van der Waals surface area contributed by atoms with Crippen LogP contribution in [0.4, 0.5) is 5.69 Å². The second-order valence-electron chi connectivity index (χ2n) is 9.67. The highest BCUT2D eigenvalue weighted by atomic mass is 16.5. The Bertz CT molecular complexity index is 917. The van der Waals surface area contributed by atoms with E-state index in [-0.39, 0.29) is 24.0 Å². The molecule has 31 heavy (non-hydrogen) atoms. The third-order valence-electron chi connectivity index (χ3n) is 7.32. The third-order valence-corrected chi connectivity index (χ3v) is 7.32. The number of hydrogen-bond donors (Lipinski definition) is 1. The smallest absolute Gasteiger partial charge is 0.261 e. The summed E-state index contributed by atoms with van der Waals surface area (Å²) in [5.41, 5.74) is 0.495. The number of para-hydroxylation sites is 2. The zero-order valence-electron chi connectivity index (χ0n) is 18.0. The third kappa shape index (κ3) is 4.08. The Balaban J connectivity index is 1.36. The van der Waals surface area contributed by atoms with Gasteiger partial charge in [0, 0.05) is 12.5 Å². The summed E-state index contributed by atoms with van der Waals surface area (Å²) in [6.07, 6.45) is 8.90. The van der Waals surface area contributed by atoms with Crippen LogP contribution in [0.15, 0.2) is 47.1 Å². The van der Waals surface area contributed by atoms with Gasteiger partial charge in [-0.2, -0.15) is 0 Å². The number of amides is 2. The summed E-state index contributed by atoms with van der Waals surface area (Å²) in [4.78, 5) is 27.1. The first kappa shape index (κ1) is 20.2. The van der Waals surface area contributed by atoms with Crippen LogP contribution in [0.2, 0.25) is 0 Å². The highest BCUT2D eigenvalue weighted by Crippen LogP contribution is 2.58. The van der Waals surface area contributed by atoms with Gasteiger partial charge in [0.2, 0.25) is 5.91 Å². The van der Waals surface area contributed by atoms with Crippen LogP contribution in [0.25, 0.3) is 0 Å². The molecule has 6 nitrogen and oxygen atoms in total. The summed E-state index contributed by atoms with van der Waals surface area (Å²) in [5.74, 6) is 3.34. The molecule has 6 heteroatoms. The summed E-state index contributed by atoms with van der Waals surface area (Å²) < 4.78 is 11.5. The molecule has 0 saturated heterocycles. The molecule has 1 heterocycles. The van der Waals surface area contributed by atoms with E-state index in [1.54, 1.807) is 18.4 Å². The number of ether oxygens (including phenoxy) is 1. The SMILES string of the molecule is CC(=O)Nc1ccccc1OCC(=O)N(Cc1ccco1)C12CC3CC(CC(C3)C1)C2. The van der Waals surface area contributed by atoms with Crippen molar-refractivity contribution >= 4 is 17.5 Å². The summed E-state index contributed by atoms with van der Waals surface area (Å²) in [5, 5.41) is 2.77. The maximum Gasteiger partial charge on any atom is 0.261 e. The summed E-state index contributed by atoms with van der Waals surface area (Å²) in [6, 6.07) is 11.0. The van der Waals surface area contributed by atoms with Gasteiger partial charge in [-0.05, 0) is 80.5 Å². The first-order valence-corrected chi connectivity index (χ1v) is 11.3. The normalized spacial score (nSPS) is 28.4. The predicted octanol–water partition coefficient (Wildman–Crippen LogP) is 4.61. The Morgan fingerprint density at radius 1 is 1.06 bits per heavy atom. The zero-order valence-corrected chi connectivity index (χ0v) is 18.0. The number of carbonyl (C=O) groups excluding carboxylic acids is 2. The Hall–Kier alpha value is -2.76. The lowest BCUT2D eigenvalue weighted by atomic mass is 9.52. The number of nitrogens with one attached hydrogen (secondary N) is 1. The van der Waals surface area contributed by atoms with E-state index in [1.807, 2.05) is 24.3 Å². The van der Waals surface area contributed by atoms with E-state index in [2.05, 4.69) is 10.2 Å². The molecule has 2 aromatic rings. The van der Waals surface area contributed by atoms with Gasteiger partial charge in [-0.25, -0.2) is 0 Å². The number of hydrogen-bond acceptors (Lipinski definition) is 4. The molecule has 0 atom stereocenters. The first-order chi connectivity index (χ1) is 15.0. The van der Waals surface area contributed by atoms with E-state index in [1.165, 1.54) is 26.2 Å². The first-order valence-electron chi connectivity index (χ1n) is 11.3. The summed E-state index contributed by atoms with van der Waals surface area (Å²) in [7, 11) is 0. The molecule has 0 radical (unpaired) electrons. The lowest BCUT2D eigenvalue weighted by molar-refractivity contribution is -0.155. The zero-order chi connectivity index (χ0) is 21.4. The monoisotopic (exact) mass is 422 g/mol. The van der Waals surface area contributed by atoms with Crippen molar-refractivity contribution < 1.29 is 18.7 Å². The number of anilines is 1. The molecule has 1 N–H and O–H groups in total. The summed E-state index contributed by atoms with van der Waals surface area (Å²) in [6.45, 7) is 1.88. The van der Waals surface area contributed by atoms with Gasteiger partial charge in [0.15, 0.2) is 6.61 Å². The molecule has 4 bridgehead atoms. The van der Waals surface area contributed by atoms with Crippen molar-refractivity contribution in [3.8, 4) is 5.75 Å². The van der Waals surface area contributed by atoms with Crippen LogP contribution in [0.3, 0.4) is 0 Å². The van der Waals surface area contributed by atoms with Crippen LogP contribution in [0.5, 0.6) is 5.75 Å². The Labute approximate surface area is 182 Å². The van der Waals surface area contributed by atoms with Crippen LogP contribution >= 0.6 is 0 Å². The van der Waals surface area contributed by atoms with Crippen molar-refractivity contribution in [2.75, 3.05) is 11.9 Å². The van der Waals surface area contributed by atoms with E-state index in [4.69, 9.17) is 9.15 Å². The lowest BCUT2D eigenvalue weighted by Crippen LogP contribution is -2.61. The predicted molar refractivity (Wildman–Crippen MR) is 116 cm³/mol. The molecule has 0 aliphatic heterocycles. The van der Waals surface area contributed by atoms with Crippen molar-refractivity contribution in [3.63, 3.8) is 0 Å². The average Bonchev–Trinajstić information content (AvgIpc) is 3.23. The van der Waals surface area contributed by atoms with Gasteiger partial charge in [-0.1, -0.05) is 12.1 Å². The molecule has 1 aromatic carbocycles. The number of benzene rings is 1. The van der Waals surface area contributed by atoms with E-state index < -0.39 is 0 Å². The van der Waals surface area contributed by atoms with Crippen molar-refractivity contribution in [2.24, 2.45) is 17.8 Å². The largest absolute Gasteiger partial charge is 0.482 e. The van der Waals surface area contributed by atoms with Gasteiger partial charge in [-0.3, -0.25) is 9.59 Å².